The predicted molar refractivity (Wildman–Crippen MR) is 102 cm³/mol. The van der Waals surface area contributed by atoms with Crippen LogP contribution in [0, 0.1) is 5.92 Å². The molecule has 1 aliphatic carbocycles. The molecule has 1 aromatic rings. The predicted octanol–water partition coefficient (Wildman–Crippen LogP) is 4.52. The van der Waals surface area contributed by atoms with Crippen LogP contribution in [0.1, 0.15) is 56.3 Å². The lowest BCUT2D eigenvalue weighted by Crippen LogP contribution is -2.38. The lowest BCUT2D eigenvalue weighted by molar-refractivity contribution is 0.0696. The first-order valence-electron chi connectivity index (χ1n) is 9.00. The second kappa shape index (κ2) is 9.09. The van der Waals surface area contributed by atoms with Crippen LogP contribution in [-0.2, 0) is 0 Å². The highest BCUT2D eigenvalue weighted by molar-refractivity contribution is 6.34. The minimum absolute atomic E-state index is 0.0623. The molecule has 0 bridgehead atoms. The van der Waals surface area contributed by atoms with Crippen LogP contribution in [0.3, 0.4) is 0 Å². The van der Waals surface area contributed by atoms with E-state index in [0.29, 0.717) is 28.7 Å². The molecule has 1 fully saturated rings. The minimum Gasteiger partial charge on any atom is -0.339 e. The SMILES string of the molecule is CC(C)CNC(=O)Nc1ccc(C(=O)N(C)C2CCCCC2)c(Cl)c1. The van der Waals surface area contributed by atoms with Crippen molar-refractivity contribution in [3.8, 4) is 0 Å². The van der Waals surface area contributed by atoms with Crippen LogP contribution in [0.4, 0.5) is 10.5 Å². The van der Waals surface area contributed by atoms with Gasteiger partial charge in [-0.3, -0.25) is 4.79 Å². The van der Waals surface area contributed by atoms with Crippen LogP contribution in [0.2, 0.25) is 5.02 Å². The number of benzene rings is 1. The fourth-order valence-corrected chi connectivity index (χ4v) is 3.32. The maximum Gasteiger partial charge on any atom is 0.319 e. The van der Waals surface area contributed by atoms with Crippen molar-refractivity contribution in [3.63, 3.8) is 0 Å². The van der Waals surface area contributed by atoms with Gasteiger partial charge in [0, 0.05) is 25.3 Å². The Hall–Kier alpha value is -1.75. The molecule has 25 heavy (non-hydrogen) atoms. The van der Waals surface area contributed by atoms with Crippen molar-refractivity contribution in [1.29, 1.82) is 0 Å². The van der Waals surface area contributed by atoms with E-state index in [9.17, 15) is 9.59 Å². The van der Waals surface area contributed by atoms with Gasteiger partial charge >= 0.3 is 6.03 Å². The van der Waals surface area contributed by atoms with Crippen molar-refractivity contribution in [2.45, 2.75) is 52.0 Å². The molecule has 5 nitrogen and oxygen atoms in total. The van der Waals surface area contributed by atoms with Crippen molar-refractivity contribution in [2.24, 2.45) is 5.92 Å². The second-order valence-corrected chi connectivity index (χ2v) is 7.54. The van der Waals surface area contributed by atoms with E-state index in [1.807, 2.05) is 25.8 Å². The molecule has 2 rings (SSSR count). The number of rotatable bonds is 5. The summed E-state index contributed by atoms with van der Waals surface area (Å²) in [5.41, 5.74) is 1.05. The maximum absolute atomic E-state index is 12.7. The molecule has 2 N–H and O–H groups in total. The molecule has 0 aromatic heterocycles. The van der Waals surface area contributed by atoms with Gasteiger partial charge in [-0.2, -0.15) is 0 Å². The quantitative estimate of drug-likeness (QED) is 0.805. The molecule has 1 aromatic carbocycles. The Morgan fingerprint density at radius 3 is 2.52 bits per heavy atom. The number of nitrogens with zero attached hydrogens (tertiary/aromatic N) is 1. The fourth-order valence-electron chi connectivity index (χ4n) is 3.06. The molecule has 0 spiro atoms. The smallest absolute Gasteiger partial charge is 0.319 e. The van der Waals surface area contributed by atoms with Gasteiger partial charge in [0.1, 0.15) is 0 Å². The average molecular weight is 366 g/mol. The lowest BCUT2D eigenvalue weighted by atomic mass is 9.94. The zero-order chi connectivity index (χ0) is 18.4. The van der Waals surface area contributed by atoms with Gasteiger partial charge in [0.05, 0.1) is 10.6 Å². The summed E-state index contributed by atoms with van der Waals surface area (Å²) in [6.07, 6.45) is 5.69. The molecule has 1 saturated carbocycles. The number of halogens is 1. The van der Waals surface area contributed by atoms with Crippen molar-refractivity contribution in [3.05, 3.63) is 28.8 Å². The minimum atomic E-state index is -0.275. The van der Waals surface area contributed by atoms with Crippen LogP contribution in [0.15, 0.2) is 18.2 Å². The van der Waals surface area contributed by atoms with Crippen LogP contribution in [0.25, 0.3) is 0 Å². The zero-order valence-corrected chi connectivity index (χ0v) is 16.0. The van der Waals surface area contributed by atoms with E-state index in [1.54, 1.807) is 18.2 Å². The Bertz CT molecular complexity index is 613. The van der Waals surface area contributed by atoms with Gasteiger partial charge in [-0.1, -0.05) is 44.7 Å². The normalized spacial score (nSPS) is 15.1. The fraction of sp³-hybridized carbons (Fsp3) is 0.579. The molecule has 1 aliphatic rings. The molecule has 0 aliphatic heterocycles. The molecule has 138 valence electrons. The summed E-state index contributed by atoms with van der Waals surface area (Å²) in [5.74, 6) is 0.317. The Balaban J connectivity index is 2.00. The van der Waals surface area contributed by atoms with Gasteiger partial charge in [0.2, 0.25) is 0 Å². The highest BCUT2D eigenvalue weighted by atomic mass is 35.5. The molecular weight excluding hydrogens is 338 g/mol. The number of hydrogen-bond acceptors (Lipinski definition) is 2. The summed E-state index contributed by atoms with van der Waals surface area (Å²) in [7, 11) is 1.85. The van der Waals surface area contributed by atoms with Crippen molar-refractivity contribution < 1.29 is 9.59 Å². The Morgan fingerprint density at radius 1 is 1.24 bits per heavy atom. The Morgan fingerprint density at radius 2 is 1.92 bits per heavy atom. The number of anilines is 1. The largest absolute Gasteiger partial charge is 0.339 e. The maximum atomic E-state index is 12.7. The summed E-state index contributed by atoms with van der Waals surface area (Å²) in [6, 6.07) is 5.03. The van der Waals surface area contributed by atoms with Gasteiger partial charge in [-0.25, -0.2) is 4.79 Å². The van der Waals surface area contributed by atoms with E-state index in [-0.39, 0.29) is 18.0 Å². The van der Waals surface area contributed by atoms with E-state index < -0.39 is 0 Å². The first kappa shape index (κ1) is 19.6. The third-order valence-corrected chi connectivity index (χ3v) is 4.88. The van der Waals surface area contributed by atoms with Gasteiger partial charge in [-0.15, -0.1) is 0 Å². The first-order valence-corrected chi connectivity index (χ1v) is 9.38. The zero-order valence-electron chi connectivity index (χ0n) is 15.3. The van der Waals surface area contributed by atoms with Gasteiger partial charge in [0.15, 0.2) is 0 Å². The van der Waals surface area contributed by atoms with Crippen LogP contribution >= 0.6 is 11.6 Å². The number of carbonyl (C=O) groups excluding carboxylic acids is 2. The van der Waals surface area contributed by atoms with Crippen molar-refractivity contribution in [2.75, 3.05) is 18.9 Å². The Kier molecular flexibility index (Phi) is 7.12. The van der Waals surface area contributed by atoms with E-state index in [0.717, 1.165) is 12.8 Å². The summed E-state index contributed by atoms with van der Waals surface area (Å²) in [4.78, 5) is 26.3. The molecular formula is C19H28ClN3O2. The number of urea groups is 1. The van der Waals surface area contributed by atoms with E-state index in [2.05, 4.69) is 10.6 Å². The molecule has 3 amide bonds. The summed E-state index contributed by atoms with van der Waals surface area (Å²) < 4.78 is 0. The molecule has 0 saturated heterocycles. The third kappa shape index (κ3) is 5.63. The number of nitrogens with one attached hydrogen (secondary N) is 2. The van der Waals surface area contributed by atoms with Crippen LogP contribution in [-0.4, -0.2) is 36.5 Å². The Labute approximate surface area is 155 Å². The number of carbonyl (C=O) groups is 2. The van der Waals surface area contributed by atoms with E-state index >= 15 is 0 Å². The topological polar surface area (TPSA) is 61.4 Å². The highest BCUT2D eigenvalue weighted by Crippen LogP contribution is 2.26. The second-order valence-electron chi connectivity index (χ2n) is 7.13. The van der Waals surface area contributed by atoms with Gasteiger partial charge < -0.3 is 15.5 Å². The van der Waals surface area contributed by atoms with Crippen molar-refractivity contribution >= 4 is 29.2 Å². The van der Waals surface area contributed by atoms with Gasteiger partial charge in [-0.05, 0) is 37.0 Å². The van der Waals surface area contributed by atoms with E-state index in [4.69, 9.17) is 11.6 Å². The van der Waals surface area contributed by atoms with Crippen LogP contribution in [0.5, 0.6) is 0 Å². The standard InChI is InChI=1S/C19H28ClN3O2/c1-13(2)12-21-19(25)22-14-9-10-16(17(20)11-14)18(24)23(3)15-7-5-4-6-8-15/h9-11,13,15H,4-8,12H2,1-3H3,(H2,21,22,25). The number of amides is 3. The van der Waals surface area contributed by atoms with E-state index in [1.165, 1.54) is 19.3 Å². The van der Waals surface area contributed by atoms with Crippen molar-refractivity contribution in [1.82, 2.24) is 10.2 Å². The molecule has 0 heterocycles. The summed E-state index contributed by atoms with van der Waals surface area (Å²) >= 11 is 6.30. The number of hydrogen-bond donors (Lipinski definition) is 2. The van der Waals surface area contributed by atoms with Crippen LogP contribution < -0.4 is 10.6 Å². The molecule has 0 radical (unpaired) electrons. The first-order chi connectivity index (χ1) is 11.9. The molecule has 0 unspecified atom stereocenters. The highest BCUT2D eigenvalue weighted by Gasteiger charge is 2.24. The third-order valence-electron chi connectivity index (χ3n) is 4.57. The average Bonchev–Trinajstić information content (AvgIpc) is 2.59. The summed E-state index contributed by atoms with van der Waals surface area (Å²) in [5, 5.41) is 5.87. The molecule has 6 heteroatoms. The monoisotopic (exact) mass is 365 g/mol. The summed E-state index contributed by atoms with van der Waals surface area (Å²) in [6.45, 7) is 4.66. The van der Waals surface area contributed by atoms with Gasteiger partial charge in [0.25, 0.3) is 5.91 Å². The lowest BCUT2D eigenvalue weighted by Gasteiger charge is -2.31. The molecule has 0 atom stereocenters.